The van der Waals surface area contributed by atoms with Crippen LogP contribution in [-0.4, -0.2) is 225 Å². The van der Waals surface area contributed by atoms with Gasteiger partial charge in [-0.05, 0) is 83.8 Å². The van der Waals surface area contributed by atoms with Crippen molar-refractivity contribution in [2.24, 2.45) is 0 Å². The van der Waals surface area contributed by atoms with Gasteiger partial charge in [-0.25, -0.2) is 19.9 Å². The van der Waals surface area contributed by atoms with E-state index in [4.69, 9.17) is 152 Å². The summed E-state index contributed by atoms with van der Waals surface area (Å²) in [5.41, 5.74) is 7.92. The molecule has 0 amide bonds. The van der Waals surface area contributed by atoms with Gasteiger partial charge in [-0.15, -0.1) is 0 Å². The molecule has 124 heavy (non-hydrogen) atoms. The number of aliphatic hydroxyl groups excluding tert-OH is 2. The fraction of sp³-hybridized carbons (Fsp3) is 0.289. The third kappa shape index (κ3) is 18.6. The van der Waals surface area contributed by atoms with Crippen LogP contribution < -0.4 is 53.1 Å². The van der Waals surface area contributed by atoms with Gasteiger partial charge in [0.05, 0.1) is 149 Å². The molecule has 14 aromatic rings. The average Bonchev–Trinajstić information content (AvgIpc) is 1.59. The molecular weight excluding hydrogens is 1690 g/mol. The molecule has 4 aliphatic heterocycles. The number of aliphatic hydroxyl groups is 2. The first kappa shape index (κ1) is 88.3. The molecule has 0 spiro atoms. The monoisotopic (exact) mass is 1770 g/mol. The van der Waals surface area contributed by atoms with Gasteiger partial charge in [0.15, 0.2) is 0 Å². The summed E-state index contributed by atoms with van der Waals surface area (Å²) in [6.45, 7) is 7.42. The summed E-state index contributed by atoms with van der Waals surface area (Å²) >= 11 is 0. The van der Waals surface area contributed by atoms with E-state index in [-0.39, 0.29) is 95.9 Å². The number of rotatable bonds is 33. The van der Waals surface area contributed by atoms with Gasteiger partial charge in [0.25, 0.3) is 0 Å². The number of ether oxygens (including phenoxy) is 14. The summed E-state index contributed by atoms with van der Waals surface area (Å²) in [6.07, 6.45) is 1.12. The molecular formula is C90H86N16O16Zn2. The van der Waals surface area contributed by atoms with Crippen molar-refractivity contribution in [3.05, 3.63) is 152 Å². The van der Waals surface area contributed by atoms with Crippen molar-refractivity contribution >= 4 is 88.3 Å². The maximum Gasteiger partial charge on any atom is 2.00 e. The normalized spacial score (nSPS) is 11.5. The van der Waals surface area contributed by atoms with Gasteiger partial charge in [-0.3, -0.25) is 0 Å². The van der Waals surface area contributed by atoms with Crippen LogP contribution in [0.3, 0.4) is 0 Å². The topological polar surface area (TPSA) is 381 Å². The maximum absolute atomic E-state index is 7.94. The molecule has 626 valence electrons. The molecule has 0 aliphatic carbocycles. The molecule has 6 aromatic heterocycles. The van der Waals surface area contributed by atoms with Crippen molar-refractivity contribution in [3.63, 3.8) is 0 Å². The van der Waals surface area contributed by atoms with E-state index in [9.17, 15) is 0 Å². The largest absolute Gasteiger partial charge is 2.00 e. The number of unbranched alkanes of at least 4 members (excludes halogenated alkanes) is 1. The summed E-state index contributed by atoms with van der Waals surface area (Å²) in [4.78, 5) is 83.6. The third-order valence-corrected chi connectivity index (χ3v) is 19.8. The minimum absolute atomic E-state index is 0. The Kier molecular flexibility index (Phi) is 29.8. The summed E-state index contributed by atoms with van der Waals surface area (Å²) in [7, 11) is 9.06. The molecule has 2 N–H and O–H groups in total. The van der Waals surface area contributed by atoms with E-state index >= 15 is 0 Å². The van der Waals surface area contributed by atoms with Crippen LogP contribution >= 0.6 is 0 Å². The van der Waals surface area contributed by atoms with Crippen LogP contribution in [0, 0.1) is 0 Å². The third-order valence-electron chi connectivity index (χ3n) is 19.8. The number of aromatic nitrogens is 16. The molecule has 0 radical (unpaired) electrons. The van der Waals surface area contributed by atoms with E-state index < -0.39 is 0 Å². The number of hydrogen-bond donors (Lipinski definition) is 2. The van der Waals surface area contributed by atoms with Crippen molar-refractivity contribution in [1.82, 2.24) is 79.7 Å². The zero-order valence-corrected chi connectivity index (χ0v) is 75.5. The second-order valence-electron chi connectivity index (χ2n) is 27.4. The van der Waals surface area contributed by atoms with E-state index in [0.29, 0.717) is 277 Å². The van der Waals surface area contributed by atoms with Crippen molar-refractivity contribution in [2.45, 2.75) is 19.8 Å². The molecule has 32 nitrogen and oxygen atoms in total. The van der Waals surface area contributed by atoms with E-state index in [1.54, 1.807) is 35.5 Å². The second kappa shape index (κ2) is 41.9. The minimum atomic E-state index is 0. The van der Waals surface area contributed by atoms with Gasteiger partial charge >= 0.3 is 39.0 Å². The number of hydrogen-bond acceptors (Lipinski definition) is 28. The zero-order valence-electron chi connectivity index (χ0n) is 69.5. The van der Waals surface area contributed by atoms with E-state index in [1.807, 2.05) is 159 Å². The Labute approximate surface area is 736 Å². The van der Waals surface area contributed by atoms with Gasteiger partial charge in [0.2, 0.25) is 0 Å². The summed E-state index contributed by atoms with van der Waals surface area (Å²) < 4.78 is 83.0. The fourth-order valence-corrected chi connectivity index (χ4v) is 14.4. The zero-order chi connectivity index (χ0) is 83.8. The molecule has 8 aromatic carbocycles. The summed E-state index contributed by atoms with van der Waals surface area (Å²) in [6, 6.07) is 47.9. The Morgan fingerprint density at radius 2 is 0.500 bits per heavy atom. The van der Waals surface area contributed by atoms with Crippen LogP contribution in [0.15, 0.2) is 152 Å². The van der Waals surface area contributed by atoms with Crippen molar-refractivity contribution in [2.75, 3.05) is 155 Å². The minimum Gasteiger partial charge on any atom is -0.493 e. The van der Waals surface area contributed by atoms with Crippen molar-refractivity contribution in [1.29, 1.82) is 0 Å². The van der Waals surface area contributed by atoms with Gasteiger partial charge < -0.3 is 136 Å². The van der Waals surface area contributed by atoms with Crippen LogP contribution in [0.2, 0.25) is 0 Å². The van der Waals surface area contributed by atoms with E-state index in [0.717, 1.165) is 18.2 Å². The van der Waals surface area contributed by atoms with Crippen LogP contribution in [0.1, 0.15) is 19.8 Å². The first-order valence-corrected chi connectivity index (χ1v) is 39.8. The molecule has 18 rings (SSSR count). The SMILES string of the molecule is CCOc1cccc2c1-c1nc-2nc2[n-]c(nc3nc(nc4[n-]c(n1)c1cccc(OCCOC)c41)-c1ccccc1-3)c1cccc(OCCCCOc3cccc4c5nc6nc(nc7[n-]c(nc8nc(nc([n-]5)c34)-c3cccc(OCCOCCOC)c3-8)c3cccc(OCCOC)c73)-c3cccc(OCCOCCOC)c3-6)c21.CO.COCCO.[Zn+2].[Zn+2]. The van der Waals surface area contributed by atoms with Gasteiger partial charge in [0.1, 0.15) is 66.7 Å². The second-order valence-corrected chi connectivity index (χ2v) is 27.4. The average molecular weight is 1780 g/mol. The molecule has 0 saturated carbocycles. The molecule has 16 bridgehead atoms. The molecule has 34 heteroatoms. The Morgan fingerprint density at radius 1 is 0.250 bits per heavy atom. The van der Waals surface area contributed by atoms with Crippen molar-refractivity contribution < 1.29 is 115 Å². The summed E-state index contributed by atoms with van der Waals surface area (Å²) in [5.74, 6) is 6.39. The molecule has 0 saturated heterocycles. The van der Waals surface area contributed by atoms with Crippen LogP contribution in [0.25, 0.3) is 179 Å². The number of methoxy groups -OCH3 is 5. The Balaban J connectivity index is 0.00000134. The van der Waals surface area contributed by atoms with Gasteiger partial charge in [-0.2, -0.15) is 0 Å². The smallest absolute Gasteiger partial charge is 0.493 e. The van der Waals surface area contributed by atoms with Crippen LogP contribution in [-0.2, 0) is 72.1 Å². The number of benzene rings is 8. The Hall–Kier alpha value is -12.0. The van der Waals surface area contributed by atoms with E-state index in [2.05, 4.69) is 4.74 Å². The molecule has 0 fully saturated rings. The quantitative estimate of drug-likeness (QED) is 0.0285. The first-order chi connectivity index (χ1) is 60.2. The van der Waals surface area contributed by atoms with Crippen molar-refractivity contribution in [3.8, 4) is 131 Å². The Morgan fingerprint density at radius 3 is 0.823 bits per heavy atom. The Bertz CT molecular complexity index is 6490. The van der Waals surface area contributed by atoms with E-state index in [1.165, 1.54) is 0 Å². The molecule has 0 unspecified atom stereocenters. The van der Waals surface area contributed by atoms with Crippen LogP contribution in [0.5, 0.6) is 40.2 Å². The molecule has 4 aliphatic rings. The standard InChI is InChI=1S/C86H74N16O13.C3H8O2.CH4O.2Zn/c1-6-109-57-27-11-20-50-64(57)80-91-74(50)94-82-65-51(73(90-82)88-71-48-18-7-8-19-49(48)72(87-71)89-81-67-53(76(92-80)93-81)23-14-30-60(67)112-44-38-105-4)21-12-28-58(65)110-34-9-10-35-111-59-29-13-22-52-66(59)83-95-75(52)97-85-70-56(26-17-33-63(70)115-47-43-108-41-37-104-3)79(102-85)99-84-68-54(24-15-31-61(68)113-45-39-106-5)77(98-84)100-86-69-55(78(96-83)101-86)25-16-32-62(69)114-46-42-107-40-36-103-2;1-5-3-2-4;1-2;;/h7-8,11-33H,6,9-10,34-47H2,1-5H3;4H,2-3H2,1H3;2H,1H3;;/q-4;;;2*+2. The number of nitrogens with zero attached hydrogens (tertiary/aromatic N) is 16. The summed E-state index contributed by atoms with van der Waals surface area (Å²) in [5, 5.41) is 20.0. The molecule has 10 heterocycles. The van der Waals surface area contributed by atoms with Gasteiger partial charge in [0, 0.05) is 137 Å². The van der Waals surface area contributed by atoms with Gasteiger partial charge in [-0.1, -0.05) is 109 Å². The first-order valence-electron chi connectivity index (χ1n) is 39.8. The fourth-order valence-electron chi connectivity index (χ4n) is 14.4. The van der Waals surface area contributed by atoms with Crippen LogP contribution in [0.4, 0.5) is 0 Å². The maximum atomic E-state index is 7.94. The predicted octanol–water partition coefficient (Wildman–Crippen LogP) is 12.6. The number of fused-ring (bicyclic) bond motifs is 40. The molecule has 0 atom stereocenters. The predicted molar refractivity (Wildman–Crippen MR) is 458 cm³/mol.